The lowest BCUT2D eigenvalue weighted by Gasteiger charge is -2.22. The Labute approximate surface area is 165 Å². The van der Waals surface area contributed by atoms with Gasteiger partial charge in [-0.1, -0.05) is 0 Å². The van der Waals surface area contributed by atoms with Crippen molar-refractivity contribution in [2.75, 3.05) is 24.3 Å². The molecule has 0 saturated carbocycles. The van der Waals surface area contributed by atoms with Crippen molar-refractivity contribution in [1.29, 1.82) is 0 Å². The Kier molecular flexibility index (Phi) is 12.2. The van der Waals surface area contributed by atoms with E-state index < -0.39 is 60.8 Å². The van der Waals surface area contributed by atoms with Gasteiger partial charge in [-0.2, -0.15) is 24.4 Å². The van der Waals surface area contributed by atoms with E-state index in [2.05, 4.69) is 23.3 Å². The van der Waals surface area contributed by atoms with Crippen molar-refractivity contribution in [1.82, 2.24) is 16.0 Å². The maximum Gasteiger partial charge on any atom is 0.322 e. The second-order valence-corrected chi connectivity index (χ2v) is 6.75. The van der Waals surface area contributed by atoms with Crippen LogP contribution >= 0.6 is 24.4 Å². The molecule has 0 saturated heterocycles. The molecule has 7 N–H and O–H groups in total. The summed E-state index contributed by atoms with van der Waals surface area (Å²) in [6.45, 7) is -0.734. The van der Waals surface area contributed by atoms with Gasteiger partial charge in [0.15, 0.2) is 0 Å². The van der Waals surface area contributed by atoms with Crippen LogP contribution in [0.4, 0.5) is 0 Å². The molecular weight excluding hydrogens is 400 g/mol. The summed E-state index contributed by atoms with van der Waals surface area (Å²) in [4.78, 5) is 57.6. The maximum absolute atomic E-state index is 12.3. The van der Waals surface area contributed by atoms with Gasteiger partial charge in [0.05, 0.1) is 12.5 Å². The van der Waals surface area contributed by atoms with Gasteiger partial charge in [-0.25, -0.2) is 0 Å². The molecule has 0 aliphatic rings. The highest BCUT2D eigenvalue weighted by Gasteiger charge is 2.28. The average molecular weight is 425 g/mol. The second-order valence-electron chi connectivity index (χ2n) is 5.40. The van der Waals surface area contributed by atoms with Crippen LogP contribution in [0.25, 0.3) is 0 Å². The molecule has 0 radical (unpaired) electrons. The maximum atomic E-state index is 12.3. The molecule has 27 heavy (non-hydrogen) atoms. The summed E-state index contributed by atoms with van der Waals surface area (Å²) in [7, 11) is 0. The van der Waals surface area contributed by atoms with Crippen LogP contribution in [0.5, 0.6) is 0 Å². The van der Waals surface area contributed by atoms with Crippen LogP contribution in [0, 0.1) is 0 Å². The third kappa shape index (κ3) is 10.7. The van der Waals surface area contributed by atoms with E-state index in [0.29, 0.717) is 12.2 Å². The number of carbonyl (C=O) groups is 5. The smallest absolute Gasteiger partial charge is 0.322 e. The Morgan fingerprint density at radius 1 is 1.00 bits per heavy atom. The molecular formula is C14H24N4O7S2. The minimum absolute atomic E-state index is 0.122. The van der Waals surface area contributed by atoms with Crippen LogP contribution in [0.15, 0.2) is 0 Å². The fourth-order valence-corrected chi connectivity index (χ4v) is 2.54. The lowest BCUT2D eigenvalue weighted by Crippen LogP contribution is -2.57. The fraction of sp³-hybridized carbons (Fsp3) is 0.643. The average Bonchev–Trinajstić information content (AvgIpc) is 2.60. The standard InChI is InChI=1S/C14H24N4O7S2/c1-27-3-2-7(15)12(23)18-9(6-26)14(25)17-8(4-10(19)20)13(24)16-5-11(21)22/h7-9,26H,2-6,15H2,1H3,(H,16,24)(H,17,25)(H,18,23)(H,19,20)(H,21,22). The number of rotatable bonds is 13. The van der Waals surface area contributed by atoms with Crippen LogP contribution in [0.3, 0.4) is 0 Å². The van der Waals surface area contributed by atoms with Crippen molar-refractivity contribution in [3.05, 3.63) is 0 Å². The van der Waals surface area contributed by atoms with E-state index in [1.54, 1.807) is 0 Å². The quantitative estimate of drug-likeness (QED) is 0.159. The number of amides is 3. The topological polar surface area (TPSA) is 188 Å². The first-order valence-corrected chi connectivity index (χ1v) is 9.82. The van der Waals surface area contributed by atoms with E-state index >= 15 is 0 Å². The van der Waals surface area contributed by atoms with Crippen molar-refractivity contribution in [2.45, 2.75) is 31.0 Å². The molecule has 0 fully saturated rings. The second kappa shape index (κ2) is 13.2. The number of carbonyl (C=O) groups excluding carboxylic acids is 3. The molecule has 0 bridgehead atoms. The molecule has 0 rings (SSSR count). The summed E-state index contributed by atoms with van der Waals surface area (Å²) < 4.78 is 0. The third-order valence-electron chi connectivity index (χ3n) is 3.21. The van der Waals surface area contributed by atoms with E-state index in [1.165, 1.54) is 11.8 Å². The zero-order chi connectivity index (χ0) is 21.0. The summed E-state index contributed by atoms with van der Waals surface area (Å²) in [6.07, 6.45) is 1.48. The van der Waals surface area contributed by atoms with Gasteiger partial charge in [-0.15, -0.1) is 0 Å². The van der Waals surface area contributed by atoms with Gasteiger partial charge in [-0.3, -0.25) is 24.0 Å². The molecule has 3 atom stereocenters. The number of nitrogens with two attached hydrogens (primary N) is 1. The lowest BCUT2D eigenvalue weighted by molar-refractivity contribution is -0.141. The molecule has 154 valence electrons. The minimum Gasteiger partial charge on any atom is -0.481 e. The molecule has 0 aromatic heterocycles. The van der Waals surface area contributed by atoms with Gasteiger partial charge < -0.3 is 31.9 Å². The van der Waals surface area contributed by atoms with Gasteiger partial charge in [-0.05, 0) is 18.4 Å². The summed E-state index contributed by atoms with van der Waals surface area (Å²) in [5, 5.41) is 24.0. The number of hydrogen-bond donors (Lipinski definition) is 7. The first kappa shape index (κ1) is 25.0. The molecule has 0 aliphatic carbocycles. The van der Waals surface area contributed by atoms with Crippen molar-refractivity contribution < 1.29 is 34.2 Å². The fourth-order valence-electron chi connectivity index (χ4n) is 1.79. The predicted molar refractivity (Wildman–Crippen MR) is 102 cm³/mol. The number of aliphatic carboxylic acids is 2. The highest BCUT2D eigenvalue weighted by molar-refractivity contribution is 7.98. The molecule has 11 nitrogen and oxygen atoms in total. The molecule has 0 aliphatic heterocycles. The first-order valence-electron chi connectivity index (χ1n) is 7.79. The van der Waals surface area contributed by atoms with Crippen molar-refractivity contribution >= 4 is 54.1 Å². The molecule has 13 heteroatoms. The van der Waals surface area contributed by atoms with Crippen LogP contribution < -0.4 is 21.7 Å². The number of carboxylic acids is 2. The van der Waals surface area contributed by atoms with Gasteiger partial charge >= 0.3 is 11.9 Å². The number of hydrogen-bond acceptors (Lipinski definition) is 8. The molecule has 0 spiro atoms. The number of thioether (sulfide) groups is 1. The minimum atomic E-state index is -1.51. The van der Waals surface area contributed by atoms with Crippen molar-refractivity contribution in [3.8, 4) is 0 Å². The van der Waals surface area contributed by atoms with E-state index in [4.69, 9.17) is 15.9 Å². The van der Waals surface area contributed by atoms with E-state index in [1.807, 2.05) is 11.6 Å². The highest BCUT2D eigenvalue weighted by atomic mass is 32.2. The van der Waals surface area contributed by atoms with E-state index in [9.17, 15) is 24.0 Å². The lowest BCUT2D eigenvalue weighted by atomic mass is 10.1. The molecule has 0 aromatic carbocycles. The largest absolute Gasteiger partial charge is 0.481 e. The number of thiol groups is 1. The van der Waals surface area contributed by atoms with Gasteiger partial charge in [0, 0.05) is 5.75 Å². The van der Waals surface area contributed by atoms with Crippen LogP contribution in [-0.2, 0) is 24.0 Å². The molecule has 0 heterocycles. The Balaban J connectivity index is 4.93. The Morgan fingerprint density at radius 2 is 1.59 bits per heavy atom. The third-order valence-corrected chi connectivity index (χ3v) is 4.22. The SMILES string of the molecule is CSCCC(N)C(=O)NC(CS)C(=O)NC(CC(=O)O)C(=O)NCC(=O)O. The van der Waals surface area contributed by atoms with Gasteiger partial charge in [0.2, 0.25) is 17.7 Å². The van der Waals surface area contributed by atoms with E-state index in [0.717, 1.165) is 0 Å². The highest BCUT2D eigenvalue weighted by Crippen LogP contribution is 2.01. The Bertz CT molecular complexity index is 562. The zero-order valence-electron chi connectivity index (χ0n) is 14.6. The number of carboxylic acid groups (broad SMARTS) is 2. The Hall–Kier alpha value is -1.99. The predicted octanol–water partition coefficient (Wildman–Crippen LogP) is -2.36. The summed E-state index contributed by atoms with van der Waals surface area (Å²) in [5.41, 5.74) is 5.71. The van der Waals surface area contributed by atoms with Crippen LogP contribution in [-0.4, -0.2) is 82.3 Å². The summed E-state index contributed by atoms with van der Waals surface area (Å²) in [6, 6.07) is -3.50. The Morgan fingerprint density at radius 3 is 2.07 bits per heavy atom. The van der Waals surface area contributed by atoms with Crippen LogP contribution in [0.2, 0.25) is 0 Å². The molecule has 3 unspecified atom stereocenters. The van der Waals surface area contributed by atoms with Gasteiger partial charge in [0.25, 0.3) is 0 Å². The summed E-state index contributed by atoms with van der Waals surface area (Å²) >= 11 is 5.47. The normalized spacial score (nSPS) is 13.7. The number of nitrogens with one attached hydrogen (secondary N) is 3. The first-order chi connectivity index (χ1) is 12.6. The van der Waals surface area contributed by atoms with Crippen LogP contribution in [0.1, 0.15) is 12.8 Å². The van der Waals surface area contributed by atoms with E-state index in [-0.39, 0.29) is 5.75 Å². The summed E-state index contributed by atoms with van der Waals surface area (Å²) in [5.74, 6) is -4.58. The van der Waals surface area contributed by atoms with Crippen molar-refractivity contribution in [3.63, 3.8) is 0 Å². The molecule has 3 amide bonds. The van der Waals surface area contributed by atoms with Crippen molar-refractivity contribution in [2.24, 2.45) is 5.73 Å². The monoisotopic (exact) mass is 424 g/mol. The molecule has 0 aromatic rings. The zero-order valence-corrected chi connectivity index (χ0v) is 16.3. The van der Waals surface area contributed by atoms with Gasteiger partial charge in [0.1, 0.15) is 18.6 Å².